The molecule has 31 heavy (non-hydrogen) atoms. The number of carbonyl (C=O) groups excluding carboxylic acids is 1. The average Bonchev–Trinajstić information content (AvgIpc) is 3.36. The third-order valence-electron chi connectivity index (χ3n) is 5.57. The highest BCUT2D eigenvalue weighted by atomic mass is 19.4. The molecule has 1 aliphatic heterocycles. The van der Waals surface area contributed by atoms with Crippen molar-refractivity contribution in [1.82, 2.24) is 19.7 Å². The molecule has 5 nitrogen and oxygen atoms in total. The first-order chi connectivity index (χ1) is 14.7. The molecule has 1 fully saturated rings. The lowest BCUT2D eigenvalue weighted by Gasteiger charge is -2.16. The number of rotatable bonds is 4. The number of amides is 1. The van der Waals surface area contributed by atoms with Crippen LogP contribution in [-0.2, 0) is 19.6 Å². The van der Waals surface area contributed by atoms with Crippen LogP contribution in [0.4, 0.5) is 13.2 Å². The molecule has 162 valence electrons. The molecule has 1 aliphatic rings. The molecule has 0 radical (unpaired) electrons. The van der Waals surface area contributed by atoms with E-state index >= 15 is 0 Å². The van der Waals surface area contributed by atoms with Gasteiger partial charge in [0.05, 0.1) is 17.3 Å². The van der Waals surface area contributed by atoms with Crippen molar-refractivity contribution in [2.45, 2.75) is 31.9 Å². The van der Waals surface area contributed by atoms with Crippen molar-refractivity contribution in [3.8, 4) is 0 Å². The molecular weight excluding hydrogens is 405 g/mol. The zero-order valence-electron chi connectivity index (χ0n) is 17.4. The Labute approximate surface area is 178 Å². The third kappa shape index (κ3) is 4.78. The second-order valence-electron chi connectivity index (χ2n) is 8.05. The molecule has 0 spiro atoms. The minimum atomic E-state index is -4.33. The number of benzene rings is 1. The van der Waals surface area contributed by atoms with Crippen molar-refractivity contribution in [3.05, 3.63) is 82.4 Å². The first-order valence-corrected chi connectivity index (χ1v) is 10.1. The van der Waals surface area contributed by atoms with Gasteiger partial charge < -0.3 is 4.90 Å². The predicted octanol–water partition coefficient (Wildman–Crippen LogP) is 4.36. The number of pyridine rings is 1. The van der Waals surface area contributed by atoms with Crippen LogP contribution in [0.25, 0.3) is 0 Å². The van der Waals surface area contributed by atoms with E-state index in [0.717, 1.165) is 41.1 Å². The Morgan fingerprint density at radius 1 is 1.16 bits per heavy atom. The molecule has 1 atom stereocenters. The highest BCUT2D eigenvalue weighted by molar-refractivity contribution is 5.94. The van der Waals surface area contributed by atoms with Crippen LogP contribution in [0, 0.1) is 6.92 Å². The summed E-state index contributed by atoms with van der Waals surface area (Å²) in [5, 5.41) is 4.06. The number of aromatic nitrogens is 3. The van der Waals surface area contributed by atoms with Gasteiger partial charge in [-0.3, -0.25) is 14.5 Å². The SMILES string of the molecule is Cc1cc(Cc2ccc(C(F)(F)F)cc2)cc([C@H]2CCN(C(=O)c3cnn(C)c3)C2)n1. The molecule has 8 heteroatoms. The predicted molar refractivity (Wildman–Crippen MR) is 110 cm³/mol. The van der Waals surface area contributed by atoms with Gasteiger partial charge in [-0.2, -0.15) is 18.3 Å². The van der Waals surface area contributed by atoms with Gasteiger partial charge in [0, 0.05) is 43.6 Å². The molecule has 0 N–H and O–H groups in total. The molecule has 0 unspecified atom stereocenters. The summed E-state index contributed by atoms with van der Waals surface area (Å²) in [6.45, 7) is 3.15. The summed E-state index contributed by atoms with van der Waals surface area (Å²) in [5.74, 6) is 0.0973. The van der Waals surface area contributed by atoms with Crippen LogP contribution in [0.15, 0.2) is 48.8 Å². The van der Waals surface area contributed by atoms with Crippen molar-refractivity contribution in [2.75, 3.05) is 13.1 Å². The summed E-state index contributed by atoms with van der Waals surface area (Å²) < 4.78 is 40.0. The van der Waals surface area contributed by atoms with Crippen LogP contribution < -0.4 is 0 Å². The van der Waals surface area contributed by atoms with Crippen LogP contribution in [-0.4, -0.2) is 38.7 Å². The molecule has 4 rings (SSSR count). The van der Waals surface area contributed by atoms with Crippen molar-refractivity contribution in [1.29, 1.82) is 0 Å². The summed E-state index contributed by atoms with van der Waals surface area (Å²) >= 11 is 0. The van der Waals surface area contributed by atoms with Crippen molar-refractivity contribution in [2.24, 2.45) is 7.05 Å². The number of aryl methyl sites for hydroxylation is 2. The van der Waals surface area contributed by atoms with E-state index in [0.29, 0.717) is 25.1 Å². The standard InChI is InChI=1S/C23H23F3N4O/c1-15-9-17(10-16-3-5-20(6-4-16)23(24,25)26)11-21(28-15)18-7-8-30(14-18)22(31)19-12-27-29(2)13-19/h3-6,9,11-13,18H,7-8,10,14H2,1-2H3/t18-/m0/s1. The molecule has 3 heterocycles. The lowest BCUT2D eigenvalue weighted by atomic mass is 9.98. The average molecular weight is 428 g/mol. The van der Waals surface area contributed by atoms with Crippen molar-refractivity contribution in [3.63, 3.8) is 0 Å². The summed E-state index contributed by atoms with van der Waals surface area (Å²) in [6.07, 6.45) is 0.299. The van der Waals surface area contributed by atoms with Gasteiger partial charge in [0.2, 0.25) is 0 Å². The summed E-state index contributed by atoms with van der Waals surface area (Å²) in [6, 6.07) is 9.22. The number of carbonyl (C=O) groups is 1. The molecule has 0 saturated carbocycles. The van der Waals surface area contributed by atoms with Gasteiger partial charge in [0.1, 0.15) is 0 Å². The first kappa shape index (κ1) is 21.1. The van der Waals surface area contributed by atoms with Gasteiger partial charge >= 0.3 is 6.18 Å². The van der Waals surface area contributed by atoms with Crippen molar-refractivity contribution >= 4 is 5.91 Å². The lowest BCUT2D eigenvalue weighted by molar-refractivity contribution is -0.137. The summed E-state index contributed by atoms with van der Waals surface area (Å²) in [4.78, 5) is 19.2. The van der Waals surface area contributed by atoms with Crippen LogP contribution >= 0.6 is 0 Å². The lowest BCUT2D eigenvalue weighted by Crippen LogP contribution is -2.28. The molecule has 1 aromatic carbocycles. The Morgan fingerprint density at radius 2 is 1.90 bits per heavy atom. The monoisotopic (exact) mass is 428 g/mol. The fourth-order valence-corrected chi connectivity index (χ4v) is 4.03. The largest absolute Gasteiger partial charge is 0.416 e. The Hall–Kier alpha value is -3.16. The second kappa shape index (κ2) is 8.17. The van der Waals surface area contributed by atoms with Gasteiger partial charge in [0.15, 0.2) is 0 Å². The number of hydrogen-bond donors (Lipinski definition) is 0. The van der Waals surface area contributed by atoms with E-state index in [1.54, 1.807) is 24.1 Å². The van der Waals surface area contributed by atoms with E-state index in [2.05, 4.69) is 10.1 Å². The first-order valence-electron chi connectivity index (χ1n) is 10.1. The van der Waals surface area contributed by atoms with E-state index < -0.39 is 11.7 Å². The van der Waals surface area contributed by atoms with Crippen LogP contribution in [0.5, 0.6) is 0 Å². The topological polar surface area (TPSA) is 51.0 Å². The van der Waals surface area contributed by atoms with E-state index in [-0.39, 0.29) is 11.8 Å². The smallest absolute Gasteiger partial charge is 0.338 e. The zero-order valence-corrected chi connectivity index (χ0v) is 17.4. The second-order valence-corrected chi connectivity index (χ2v) is 8.05. The maximum atomic E-state index is 12.8. The Kier molecular flexibility index (Phi) is 5.56. The van der Waals surface area contributed by atoms with Crippen LogP contribution in [0.3, 0.4) is 0 Å². The maximum Gasteiger partial charge on any atom is 0.416 e. The van der Waals surface area contributed by atoms with E-state index in [1.807, 2.05) is 24.0 Å². The highest BCUT2D eigenvalue weighted by Gasteiger charge is 2.31. The van der Waals surface area contributed by atoms with E-state index in [1.165, 1.54) is 12.1 Å². The quantitative estimate of drug-likeness (QED) is 0.620. The number of alkyl halides is 3. The fourth-order valence-electron chi connectivity index (χ4n) is 4.03. The van der Waals surface area contributed by atoms with Gasteiger partial charge in [-0.1, -0.05) is 12.1 Å². The molecular formula is C23H23F3N4O. The van der Waals surface area contributed by atoms with Gasteiger partial charge in [-0.05, 0) is 55.2 Å². The molecule has 1 saturated heterocycles. The molecule has 2 aromatic heterocycles. The van der Waals surface area contributed by atoms with Gasteiger partial charge in [0.25, 0.3) is 5.91 Å². The maximum absolute atomic E-state index is 12.8. The molecule has 3 aromatic rings. The van der Waals surface area contributed by atoms with E-state index in [4.69, 9.17) is 0 Å². The number of nitrogens with zero attached hydrogens (tertiary/aromatic N) is 4. The minimum Gasteiger partial charge on any atom is -0.338 e. The third-order valence-corrected chi connectivity index (χ3v) is 5.57. The molecule has 0 bridgehead atoms. The molecule has 0 aliphatic carbocycles. The summed E-state index contributed by atoms with van der Waals surface area (Å²) in [5.41, 5.74) is 3.51. The number of hydrogen-bond acceptors (Lipinski definition) is 3. The van der Waals surface area contributed by atoms with Crippen molar-refractivity contribution < 1.29 is 18.0 Å². The number of likely N-dealkylation sites (tertiary alicyclic amines) is 1. The fraction of sp³-hybridized carbons (Fsp3) is 0.348. The Balaban J connectivity index is 1.47. The number of halogens is 3. The van der Waals surface area contributed by atoms with Crippen LogP contribution in [0.1, 0.15) is 50.8 Å². The summed E-state index contributed by atoms with van der Waals surface area (Å²) in [7, 11) is 1.78. The highest BCUT2D eigenvalue weighted by Crippen LogP contribution is 2.30. The van der Waals surface area contributed by atoms with Crippen LogP contribution in [0.2, 0.25) is 0 Å². The molecule has 1 amide bonds. The Bertz CT molecular complexity index is 1090. The normalized spacial score (nSPS) is 16.7. The zero-order chi connectivity index (χ0) is 22.2. The van der Waals surface area contributed by atoms with Gasteiger partial charge in [-0.25, -0.2) is 0 Å². The van der Waals surface area contributed by atoms with Gasteiger partial charge in [-0.15, -0.1) is 0 Å². The van der Waals surface area contributed by atoms with E-state index in [9.17, 15) is 18.0 Å². The Morgan fingerprint density at radius 3 is 2.55 bits per heavy atom. The minimum absolute atomic E-state index is 0.0340.